The summed E-state index contributed by atoms with van der Waals surface area (Å²) in [6, 6.07) is 2.35. The summed E-state index contributed by atoms with van der Waals surface area (Å²) in [5.41, 5.74) is -0.631. The van der Waals surface area contributed by atoms with Gasteiger partial charge >= 0.3 is 11.9 Å². The lowest BCUT2D eigenvalue weighted by Crippen LogP contribution is -2.22. The van der Waals surface area contributed by atoms with Crippen LogP contribution >= 0.6 is 11.3 Å². The zero-order valence-electron chi connectivity index (χ0n) is 18.3. The van der Waals surface area contributed by atoms with Gasteiger partial charge in [-0.2, -0.15) is 0 Å². The van der Waals surface area contributed by atoms with Crippen LogP contribution < -0.4 is 5.32 Å². The first-order chi connectivity index (χ1) is 16.1. The van der Waals surface area contributed by atoms with E-state index in [9.17, 15) is 34.6 Å². The number of nitro benzene ring substituents is 2. The van der Waals surface area contributed by atoms with Gasteiger partial charge in [-0.3, -0.25) is 25.0 Å². The molecule has 1 aromatic heterocycles. The van der Waals surface area contributed by atoms with Crippen molar-refractivity contribution < 1.29 is 33.7 Å². The van der Waals surface area contributed by atoms with Gasteiger partial charge in [-0.1, -0.05) is 6.92 Å². The van der Waals surface area contributed by atoms with Gasteiger partial charge in [0.2, 0.25) is 0 Å². The third-order valence-electron chi connectivity index (χ3n) is 5.14. The average molecular weight is 491 g/mol. The minimum absolute atomic E-state index is 0.167. The van der Waals surface area contributed by atoms with Crippen molar-refractivity contribution in [1.29, 1.82) is 0 Å². The molecule has 1 amide bonds. The van der Waals surface area contributed by atoms with Crippen molar-refractivity contribution in [2.75, 3.05) is 18.5 Å². The molecule has 1 atom stereocenters. The Labute approximate surface area is 197 Å². The molecule has 12 nitrogen and oxygen atoms in total. The lowest BCUT2D eigenvalue weighted by Gasteiger charge is -2.18. The number of carbonyl (C=O) groups is 3. The maximum atomic E-state index is 12.5. The van der Waals surface area contributed by atoms with Gasteiger partial charge in [-0.05, 0) is 37.7 Å². The molecule has 1 aliphatic carbocycles. The molecule has 0 saturated heterocycles. The maximum Gasteiger partial charge on any atom is 0.341 e. The molecule has 0 radical (unpaired) electrons. The number of esters is 2. The van der Waals surface area contributed by atoms with Gasteiger partial charge in [-0.15, -0.1) is 11.3 Å². The quantitative estimate of drug-likeness (QED) is 0.329. The SMILES string of the molecule is CCOC(=O)c1c(NC(=O)COC(=O)c2cc([N+](=O)[O-])cc([N+](=O)[O-])c2)sc2c1CCC(C)C2. The largest absolute Gasteiger partial charge is 0.462 e. The van der Waals surface area contributed by atoms with E-state index in [1.165, 1.54) is 11.3 Å². The second kappa shape index (κ2) is 10.4. The van der Waals surface area contributed by atoms with Gasteiger partial charge in [0.1, 0.15) is 5.00 Å². The monoisotopic (exact) mass is 491 g/mol. The number of ether oxygens (including phenoxy) is 2. The number of fused-ring (bicyclic) bond motifs is 1. The highest BCUT2D eigenvalue weighted by Crippen LogP contribution is 2.40. The van der Waals surface area contributed by atoms with Crippen LogP contribution in [0.15, 0.2) is 18.2 Å². The summed E-state index contributed by atoms with van der Waals surface area (Å²) in [5, 5.41) is 24.8. The van der Waals surface area contributed by atoms with Crippen LogP contribution in [0.25, 0.3) is 0 Å². The zero-order chi connectivity index (χ0) is 25.0. The first-order valence-corrected chi connectivity index (χ1v) is 11.1. The highest BCUT2D eigenvalue weighted by atomic mass is 32.1. The van der Waals surface area contributed by atoms with Gasteiger partial charge in [0.15, 0.2) is 6.61 Å². The van der Waals surface area contributed by atoms with Crippen molar-refractivity contribution in [1.82, 2.24) is 0 Å². The fourth-order valence-corrected chi connectivity index (χ4v) is 4.97. The van der Waals surface area contributed by atoms with Crippen molar-refractivity contribution in [2.45, 2.75) is 33.1 Å². The summed E-state index contributed by atoms with van der Waals surface area (Å²) in [7, 11) is 0. The van der Waals surface area contributed by atoms with E-state index < -0.39 is 51.2 Å². The fraction of sp³-hybridized carbons (Fsp3) is 0.381. The van der Waals surface area contributed by atoms with Crippen LogP contribution in [0.3, 0.4) is 0 Å². The van der Waals surface area contributed by atoms with Crippen LogP contribution in [0.4, 0.5) is 16.4 Å². The zero-order valence-corrected chi connectivity index (χ0v) is 19.1. The van der Waals surface area contributed by atoms with E-state index in [1.54, 1.807) is 6.92 Å². The molecule has 3 rings (SSSR count). The third kappa shape index (κ3) is 5.54. The Morgan fingerprint density at radius 2 is 1.74 bits per heavy atom. The van der Waals surface area contributed by atoms with Crippen LogP contribution in [-0.4, -0.2) is 40.9 Å². The van der Waals surface area contributed by atoms with E-state index in [4.69, 9.17) is 9.47 Å². The second-order valence-corrected chi connectivity index (χ2v) is 8.76. The lowest BCUT2D eigenvalue weighted by molar-refractivity contribution is -0.394. The van der Waals surface area contributed by atoms with Crippen molar-refractivity contribution in [3.8, 4) is 0 Å². The predicted octanol–water partition coefficient (Wildman–Crippen LogP) is 3.66. The topological polar surface area (TPSA) is 168 Å². The minimum atomic E-state index is -1.15. The standard InChI is InChI=1S/C21H21N3O9S/c1-3-32-21(27)18-15-5-4-11(2)6-16(15)34-19(18)22-17(25)10-33-20(26)12-7-13(23(28)29)9-14(8-12)24(30)31/h7-9,11H,3-6,10H2,1-2H3,(H,22,25). The van der Waals surface area contributed by atoms with Gasteiger partial charge in [0, 0.05) is 17.0 Å². The van der Waals surface area contributed by atoms with Crippen LogP contribution in [0, 0.1) is 26.1 Å². The fourth-order valence-electron chi connectivity index (χ4n) is 3.56. The van der Waals surface area contributed by atoms with Crippen molar-refractivity contribution >= 4 is 45.6 Å². The maximum absolute atomic E-state index is 12.5. The number of hydrogen-bond acceptors (Lipinski definition) is 10. The van der Waals surface area contributed by atoms with E-state index in [0.29, 0.717) is 29.0 Å². The molecule has 2 aromatic rings. The Balaban J connectivity index is 1.74. The highest BCUT2D eigenvalue weighted by molar-refractivity contribution is 7.17. The smallest absolute Gasteiger partial charge is 0.341 e. The van der Waals surface area contributed by atoms with Crippen molar-refractivity contribution in [3.63, 3.8) is 0 Å². The summed E-state index contributed by atoms with van der Waals surface area (Å²) in [6.07, 6.45) is 2.34. The van der Waals surface area contributed by atoms with E-state index in [2.05, 4.69) is 12.2 Å². The molecule has 0 aliphatic heterocycles. The predicted molar refractivity (Wildman–Crippen MR) is 120 cm³/mol. The number of nitro groups is 2. The number of nitrogens with zero attached hydrogens (tertiary/aromatic N) is 2. The molecule has 1 aromatic carbocycles. The molecule has 1 aliphatic rings. The summed E-state index contributed by atoms with van der Waals surface area (Å²) < 4.78 is 10.0. The van der Waals surface area contributed by atoms with Crippen LogP contribution in [0.2, 0.25) is 0 Å². The van der Waals surface area contributed by atoms with Gasteiger partial charge in [0.05, 0.1) is 33.6 Å². The minimum Gasteiger partial charge on any atom is -0.462 e. The molecule has 0 saturated carbocycles. The Kier molecular flexibility index (Phi) is 7.56. The first-order valence-electron chi connectivity index (χ1n) is 10.3. The van der Waals surface area contributed by atoms with Crippen molar-refractivity contribution in [2.24, 2.45) is 5.92 Å². The molecule has 180 valence electrons. The first kappa shape index (κ1) is 24.8. The number of anilines is 1. The summed E-state index contributed by atoms with van der Waals surface area (Å²) in [4.78, 5) is 58.5. The lowest BCUT2D eigenvalue weighted by atomic mass is 9.88. The third-order valence-corrected chi connectivity index (χ3v) is 6.31. The van der Waals surface area contributed by atoms with Gasteiger partial charge in [0.25, 0.3) is 17.3 Å². The molecule has 0 spiro atoms. The Morgan fingerprint density at radius 3 is 2.32 bits per heavy atom. The van der Waals surface area contributed by atoms with E-state index >= 15 is 0 Å². The molecule has 1 heterocycles. The summed E-state index contributed by atoms with van der Waals surface area (Å²) in [5.74, 6) is -2.01. The number of hydrogen-bond donors (Lipinski definition) is 1. The normalized spacial score (nSPS) is 14.6. The van der Waals surface area contributed by atoms with Gasteiger partial charge < -0.3 is 14.8 Å². The molecule has 0 fully saturated rings. The Hall–Kier alpha value is -3.87. The molecule has 13 heteroatoms. The molecule has 34 heavy (non-hydrogen) atoms. The van der Waals surface area contributed by atoms with Crippen LogP contribution in [0.5, 0.6) is 0 Å². The summed E-state index contributed by atoms with van der Waals surface area (Å²) in [6.45, 7) is 3.17. The van der Waals surface area contributed by atoms with E-state index in [1.807, 2.05) is 0 Å². The summed E-state index contributed by atoms with van der Waals surface area (Å²) >= 11 is 1.27. The second-order valence-electron chi connectivity index (χ2n) is 7.65. The molecular weight excluding hydrogens is 470 g/mol. The number of amides is 1. The average Bonchev–Trinajstić information content (AvgIpc) is 3.13. The Morgan fingerprint density at radius 1 is 1.09 bits per heavy atom. The molecule has 0 bridgehead atoms. The number of rotatable bonds is 8. The number of thiophene rings is 1. The van der Waals surface area contributed by atoms with E-state index in [-0.39, 0.29) is 6.61 Å². The van der Waals surface area contributed by atoms with Crippen molar-refractivity contribution in [3.05, 3.63) is 60.0 Å². The van der Waals surface area contributed by atoms with E-state index in [0.717, 1.165) is 35.4 Å². The number of carbonyl (C=O) groups excluding carboxylic acids is 3. The number of benzene rings is 1. The highest BCUT2D eigenvalue weighted by Gasteiger charge is 2.29. The van der Waals surface area contributed by atoms with Crippen LogP contribution in [-0.2, 0) is 27.1 Å². The molecule has 1 unspecified atom stereocenters. The number of nitrogens with one attached hydrogen (secondary N) is 1. The Bertz CT molecular complexity index is 1140. The molecule has 1 N–H and O–H groups in total. The number of non-ortho nitro benzene ring substituents is 2. The molecular formula is C21H21N3O9S. The van der Waals surface area contributed by atoms with Crippen LogP contribution in [0.1, 0.15) is 51.4 Å². The van der Waals surface area contributed by atoms with Gasteiger partial charge in [-0.25, -0.2) is 9.59 Å².